The molecule has 0 spiro atoms. The molecule has 19 heavy (non-hydrogen) atoms. The van der Waals surface area contributed by atoms with Gasteiger partial charge in [-0.2, -0.15) is 0 Å². The van der Waals surface area contributed by atoms with E-state index >= 15 is 0 Å². The molecule has 2 aromatic rings. The summed E-state index contributed by atoms with van der Waals surface area (Å²) in [4.78, 5) is 2.93. The Labute approximate surface area is 110 Å². The Hall–Kier alpha value is -1.45. The van der Waals surface area contributed by atoms with Crippen molar-refractivity contribution in [3.05, 3.63) is 34.8 Å². The molecular weight excluding hydrogens is 251 g/mol. The van der Waals surface area contributed by atoms with Crippen molar-refractivity contribution in [2.75, 3.05) is 0 Å². The molecule has 1 aromatic carbocycles. The first kappa shape index (κ1) is 14.0. The minimum absolute atomic E-state index is 0.00167. The van der Waals surface area contributed by atoms with Gasteiger partial charge in [-0.1, -0.05) is 27.7 Å². The first-order valence-corrected chi connectivity index (χ1v) is 6.50. The summed E-state index contributed by atoms with van der Waals surface area (Å²) in [5.41, 5.74) is 1.54. The smallest absolute Gasteiger partial charge is 0.168 e. The van der Waals surface area contributed by atoms with Gasteiger partial charge in [0.05, 0.1) is 5.52 Å². The number of aromatic amines is 1. The third-order valence-corrected chi connectivity index (χ3v) is 3.23. The molecule has 1 aromatic heterocycles. The van der Waals surface area contributed by atoms with E-state index in [0.29, 0.717) is 24.0 Å². The van der Waals surface area contributed by atoms with Crippen LogP contribution in [0, 0.1) is 23.4 Å². The topological polar surface area (TPSA) is 15.8 Å². The van der Waals surface area contributed by atoms with Crippen LogP contribution in [-0.4, -0.2) is 4.98 Å². The summed E-state index contributed by atoms with van der Waals surface area (Å²) in [6, 6.07) is 0.595. The molecule has 1 nitrogen and oxygen atoms in total. The van der Waals surface area contributed by atoms with Crippen molar-refractivity contribution in [2.45, 2.75) is 40.0 Å². The van der Waals surface area contributed by atoms with Gasteiger partial charge in [0, 0.05) is 17.1 Å². The summed E-state index contributed by atoms with van der Waals surface area (Å²) in [6.45, 7) is 7.86. The summed E-state index contributed by atoms with van der Waals surface area (Å²) in [6.07, 6.45) is 0.683. The summed E-state index contributed by atoms with van der Waals surface area (Å²) in [7, 11) is 0. The van der Waals surface area contributed by atoms with E-state index in [1.165, 1.54) is 0 Å². The molecule has 0 saturated carbocycles. The molecule has 4 heteroatoms. The van der Waals surface area contributed by atoms with Crippen LogP contribution in [0.4, 0.5) is 13.2 Å². The highest BCUT2D eigenvalue weighted by atomic mass is 19.2. The van der Waals surface area contributed by atoms with Crippen molar-refractivity contribution in [1.82, 2.24) is 4.98 Å². The minimum Gasteiger partial charge on any atom is -0.356 e. The molecule has 0 unspecified atom stereocenters. The monoisotopic (exact) mass is 269 g/mol. The van der Waals surface area contributed by atoms with Gasteiger partial charge in [0.2, 0.25) is 0 Å². The predicted molar refractivity (Wildman–Crippen MR) is 70.8 cm³/mol. The van der Waals surface area contributed by atoms with Gasteiger partial charge < -0.3 is 4.98 Å². The summed E-state index contributed by atoms with van der Waals surface area (Å²) in [5.74, 6) is -2.50. The van der Waals surface area contributed by atoms with E-state index in [0.717, 1.165) is 5.69 Å². The lowest BCUT2D eigenvalue weighted by atomic mass is 9.95. The maximum atomic E-state index is 14.0. The minimum atomic E-state index is -1.14. The van der Waals surface area contributed by atoms with Crippen LogP contribution in [0.3, 0.4) is 0 Å². The molecule has 2 rings (SSSR count). The van der Waals surface area contributed by atoms with E-state index in [1.807, 2.05) is 27.7 Å². The molecule has 0 aliphatic rings. The zero-order valence-corrected chi connectivity index (χ0v) is 11.6. The lowest BCUT2D eigenvalue weighted by molar-refractivity contribution is 0.505. The molecular formula is C15H18F3N. The fourth-order valence-electron chi connectivity index (χ4n) is 2.55. The summed E-state index contributed by atoms with van der Waals surface area (Å²) in [5, 5.41) is 0.0585. The van der Waals surface area contributed by atoms with E-state index in [-0.39, 0.29) is 16.8 Å². The number of fused-ring (bicyclic) bond motifs is 1. The molecule has 0 atom stereocenters. The number of aromatic nitrogens is 1. The van der Waals surface area contributed by atoms with Crippen molar-refractivity contribution in [1.29, 1.82) is 0 Å². The van der Waals surface area contributed by atoms with Crippen LogP contribution < -0.4 is 0 Å². The van der Waals surface area contributed by atoms with Crippen LogP contribution >= 0.6 is 0 Å². The first-order chi connectivity index (χ1) is 8.82. The molecule has 0 aliphatic carbocycles. The fraction of sp³-hybridized carbons (Fsp3) is 0.467. The van der Waals surface area contributed by atoms with Gasteiger partial charge in [0.15, 0.2) is 11.6 Å². The number of rotatable bonds is 3. The Morgan fingerprint density at radius 1 is 1.05 bits per heavy atom. The Kier molecular flexibility index (Phi) is 3.61. The highest BCUT2D eigenvalue weighted by molar-refractivity contribution is 5.86. The fourth-order valence-corrected chi connectivity index (χ4v) is 2.55. The van der Waals surface area contributed by atoms with E-state index in [1.54, 1.807) is 0 Å². The van der Waals surface area contributed by atoms with Crippen LogP contribution in [0.1, 0.15) is 44.9 Å². The number of benzene rings is 1. The Morgan fingerprint density at radius 2 is 1.68 bits per heavy atom. The number of H-pyrrole nitrogens is 1. The largest absolute Gasteiger partial charge is 0.356 e. The second-order valence-electron chi connectivity index (χ2n) is 5.67. The number of halogens is 3. The van der Waals surface area contributed by atoms with Gasteiger partial charge in [0.25, 0.3) is 0 Å². The van der Waals surface area contributed by atoms with Crippen molar-refractivity contribution in [3.8, 4) is 0 Å². The average molecular weight is 269 g/mol. The molecule has 0 radical (unpaired) electrons. The Balaban J connectivity index is 2.81. The third kappa shape index (κ3) is 2.36. The second kappa shape index (κ2) is 4.91. The summed E-state index contributed by atoms with van der Waals surface area (Å²) < 4.78 is 41.2. The molecule has 0 aliphatic heterocycles. The van der Waals surface area contributed by atoms with Crippen LogP contribution in [0.2, 0.25) is 0 Å². The zero-order chi connectivity index (χ0) is 14.3. The lowest BCUT2D eigenvalue weighted by Gasteiger charge is -2.10. The molecule has 0 bridgehead atoms. The normalized spacial score (nSPS) is 12.1. The molecule has 0 amide bonds. The highest BCUT2D eigenvalue weighted by Gasteiger charge is 2.23. The predicted octanol–water partition coefficient (Wildman–Crippen LogP) is 4.91. The molecule has 104 valence electrons. The van der Waals surface area contributed by atoms with Gasteiger partial charge >= 0.3 is 0 Å². The van der Waals surface area contributed by atoms with Gasteiger partial charge in [-0.25, -0.2) is 13.2 Å². The molecule has 1 heterocycles. The van der Waals surface area contributed by atoms with E-state index in [2.05, 4.69) is 4.98 Å². The van der Waals surface area contributed by atoms with Gasteiger partial charge in [-0.3, -0.25) is 0 Å². The van der Waals surface area contributed by atoms with Crippen LogP contribution in [-0.2, 0) is 6.42 Å². The van der Waals surface area contributed by atoms with Crippen molar-refractivity contribution < 1.29 is 13.2 Å². The molecule has 0 fully saturated rings. The molecule has 1 N–H and O–H groups in total. The lowest BCUT2D eigenvalue weighted by Crippen LogP contribution is -2.00. The highest BCUT2D eigenvalue weighted by Crippen LogP contribution is 2.34. The van der Waals surface area contributed by atoms with E-state index in [4.69, 9.17) is 0 Å². The first-order valence-electron chi connectivity index (χ1n) is 6.50. The maximum absolute atomic E-state index is 14.0. The van der Waals surface area contributed by atoms with Gasteiger partial charge in [0.1, 0.15) is 5.82 Å². The number of hydrogen-bond acceptors (Lipinski definition) is 0. The van der Waals surface area contributed by atoms with Crippen molar-refractivity contribution in [3.63, 3.8) is 0 Å². The number of nitrogens with one attached hydrogen (secondary N) is 1. The van der Waals surface area contributed by atoms with Crippen LogP contribution in [0.5, 0.6) is 0 Å². The van der Waals surface area contributed by atoms with E-state index in [9.17, 15) is 13.2 Å². The second-order valence-corrected chi connectivity index (χ2v) is 5.67. The van der Waals surface area contributed by atoms with Crippen LogP contribution in [0.15, 0.2) is 6.07 Å². The average Bonchev–Trinajstić information content (AvgIpc) is 2.65. The number of hydrogen-bond donors (Lipinski definition) is 1. The van der Waals surface area contributed by atoms with Crippen molar-refractivity contribution in [2.24, 2.45) is 5.92 Å². The van der Waals surface area contributed by atoms with Gasteiger partial charge in [-0.05, 0) is 23.8 Å². The SMILES string of the molecule is CC(C)Cc1[nH]c2c(F)cc(F)c(F)c2c1C(C)C. The van der Waals surface area contributed by atoms with Crippen molar-refractivity contribution >= 4 is 10.9 Å². The van der Waals surface area contributed by atoms with Crippen LogP contribution in [0.25, 0.3) is 10.9 Å². The van der Waals surface area contributed by atoms with Gasteiger partial charge in [-0.15, -0.1) is 0 Å². The van der Waals surface area contributed by atoms with E-state index < -0.39 is 17.5 Å². The third-order valence-electron chi connectivity index (χ3n) is 3.23. The Morgan fingerprint density at radius 3 is 2.21 bits per heavy atom. The quantitative estimate of drug-likeness (QED) is 0.762. The maximum Gasteiger partial charge on any atom is 0.168 e. The standard InChI is InChI=1S/C15H18F3N/c1-7(2)5-11-12(8(3)4)13-14(18)9(16)6-10(17)15(13)19-11/h6-8,19H,5H2,1-4H3. The Bertz CT molecular complexity index is 612. The zero-order valence-electron chi connectivity index (χ0n) is 11.6. The molecule has 0 saturated heterocycles. The summed E-state index contributed by atoms with van der Waals surface area (Å²) >= 11 is 0.